The van der Waals surface area contributed by atoms with Crippen LogP contribution in [-0.4, -0.2) is 15.2 Å². The van der Waals surface area contributed by atoms with Gasteiger partial charge in [-0.25, -0.2) is 4.98 Å². The predicted octanol–water partition coefficient (Wildman–Crippen LogP) is 3.59. The van der Waals surface area contributed by atoms with Gasteiger partial charge < -0.3 is 9.73 Å². The third-order valence-electron chi connectivity index (χ3n) is 3.32. The van der Waals surface area contributed by atoms with Crippen molar-refractivity contribution >= 4 is 16.8 Å². The molecule has 104 valence electrons. The molecule has 2 N–H and O–H groups in total. The Labute approximate surface area is 117 Å². The Morgan fingerprint density at radius 3 is 2.90 bits per heavy atom. The minimum Gasteiger partial charge on any atom is -0.440 e. The Morgan fingerprint density at radius 1 is 1.35 bits per heavy atom. The maximum atomic E-state index is 5.70. The maximum Gasteiger partial charge on any atom is 0.198 e. The number of aryl methyl sites for hydroxylation is 1. The zero-order valence-electron chi connectivity index (χ0n) is 11.9. The quantitative estimate of drug-likeness (QED) is 0.760. The highest BCUT2D eigenvalue weighted by atomic mass is 16.3. The van der Waals surface area contributed by atoms with Crippen molar-refractivity contribution < 1.29 is 4.42 Å². The summed E-state index contributed by atoms with van der Waals surface area (Å²) >= 11 is 0. The highest BCUT2D eigenvalue weighted by molar-refractivity contribution is 5.77. The van der Waals surface area contributed by atoms with Crippen LogP contribution in [0.1, 0.15) is 36.9 Å². The number of aromatic nitrogens is 3. The maximum absolute atomic E-state index is 5.70. The van der Waals surface area contributed by atoms with E-state index >= 15 is 0 Å². The van der Waals surface area contributed by atoms with E-state index in [0.29, 0.717) is 5.92 Å². The van der Waals surface area contributed by atoms with Crippen LogP contribution in [0.2, 0.25) is 0 Å². The fourth-order valence-electron chi connectivity index (χ4n) is 2.05. The smallest absolute Gasteiger partial charge is 0.198 e. The van der Waals surface area contributed by atoms with E-state index in [4.69, 9.17) is 4.42 Å². The van der Waals surface area contributed by atoms with Crippen LogP contribution in [0.15, 0.2) is 28.8 Å². The van der Waals surface area contributed by atoms with E-state index in [1.54, 1.807) is 0 Å². The zero-order chi connectivity index (χ0) is 14.1. The van der Waals surface area contributed by atoms with Crippen LogP contribution < -0.4 is 5.32 Å². The number of anilines is 1. The summed E-state index contributed by atoms with van der Waals surface area (Å²) in [6, 6.07) is 5.98. The molecule has 3 rings (SSSR count). The number of hydrogen-bond acceptors (Lipinski definition) is 4. The van der Waals surface area contributed by atoms with Crippen LogP contribution in [0.5, 0.6) is 0 Å². The molecule has 0 saturated heterocycles. The molecule has 0 aliphatic carbocycles. The van der Waals surface area contributed by atoms with Gasteiger partial charge in [-0.05, 0) is 25.1 Å². The van der Waals surface area contributed by atoms with E-state index in [-0.39, 0.29) is 0 Å². The summed E-state index contributed by atoms with van der Waals surface area (Å²) in [6.07, 6.45) is 1.84. The second kappa shape index (κ2) is 5.00. The molecule has 3 aromatic rings. The summed E-state index contributed by atoms with van der Waals surface area (Å²) in [5.41, 5.74) is 5.00. The van der Waals surface area contributed by atoms with Crippen LogP contribution in [0.4, 0.5) is 5.69 Å². The minimum atomic E-state index is 0.299. The van der Waals surface area contributed by atoms with Gasteiger partial charge in [0, 0.05) is 29.4 Å². The highest BCUT2D eigenvalue weighted by Gasteiger charge is 2.09. The van der Waals surface area contributed by atoms with E-state index in [1.165, 1.54) is 0 Å². The van der Waals surface area contributed by atoms with Crippen molar-refractivity contribution in [3.05, 3.63) is 41.5 Å². The first kappa shape index (κ1) is 12.7. The second-order valence-corrected chi connectivity index (χ2v) is 5.26. The Hall–Kier alpha value is -2.30. The number of nitrogens with zero attached hydrogens (tertiary/aromatic N) is 2. The molecule has 0 amide bonds. The van der Waals surface area contributed by atoms with Gasteiger partial charge in [0.2, 0.25) is 0 Å². The average molecular weight is 270 g/mol. The number of H-pyrrole nitrogens is 1. The molecule has 5 heteroatoms. The summed E-state index contributed by atoms with van der Waals surface area (Å²) in [6.45, 7) is 6.90. The number of aromatic amines is 1. The molecular weight excluding hydrogens is 252 g/mol. The predicted molar refractivity (Wildman–Crippen MR) is 78.7 cm³/mol. The van der Waals surface area contributed by atoms with E-state index < -0.39 is 0 Å². The topological polar surface area (TPSA) is 66.7 Å². The molecule has 0 unspecified atom stereocenters. The van der Waals surface area contributed by atoms with Crippen LogP contribution >= 0.6 is 0 Å². The van der Waals surface area contributed by atoms with Gasteiger partial charge in [0.05, 0.1) is 6.20 Å². The van der Waals surface area contributed by atoms with Crippen molar-refractivity contribution in [3.63, 3.8) is 0 Å². The van der Waals surface area contributed by atoms with Gasteiger partial charge in [-0.3, -0.25) is 5.10 Å². The lowest BCUT2D eigenvalue weighted by molar-refractivity contribution is 0.501. The molecule has 1 aromatic carbocycles. The molecule has 0 spiro atoms. The molecule has 0 atom stereocenters. The van der Waals surface area contributed by atoms with E-state index in [2.05, 4.69) is 34.3 Å². The molecule has 5 nitrogen and oxygen atoms in total. The number of oxazole rings is 1. The lowest BCUT2D eigenvalue weighted by atomic mass is 10.2. The number of fused-ring (bicyclic) bond motifs is 1. The lowest BCUT2D eigenvalue weighted by Gasteiger charge is -2.04. The van der Waals surface area contributed by atoms with Crippen molar-refractivity contribution in [1.82, 2.24) is 15.2 Å². The van der Waals surface area contributed by atoms with Crippen molar-refractivity contribution in [2.45, 2.75) is 33.2 Å². The van der Waals surface area contributed by atoms with Crippen LogP contribution in [0.25, 0.3) is 11.1 Å². The normalized spacial score (nSPS) is 11.4. The summed E-state index contributed by atoms with van der Waals surface area (Å²) in [7, 11) is 0. The molecule has 0 aliphatic heterocycles. The largest absolute Gasteiger partial charge is 0.440 e. The summed E-state index contributed by atoms with van der Waals surface area (Å²) in [5, 5.41) is 10.3. The van der Waals surface area contributed by atoms with Crippen molar-refractivity contribution in [1.29, 1.82) is 0 Å². The van der Waals surface area contributed by atoms with Crippen molar-refractivity contribution in [2.24, 2.45) is 0 Å². The molecule has 0 aliphatic rings. The molecule has 0 saturated carbocycles. The van der Waals surface area contributed by atoms with Gasteiger partial charge in [0.1, 0.15) is 5.52 Å². The summed E-state index contributed by atoms with van der Waals surface area (Å²) in [4.78, 5) is 4.51. The molecule has 0 radical (unpaired) electrons. The van der Waals surface area contributed by atoms with E-state index in [1.807, 2.05) is 31.3 Å². The number of benzene rings is 1. The van der Waals surface area contributed by atoms with Gasteiger partial charge in [-0.1, -0.05) is 13.8 Å². The van der Waals surface area contributed by atoms with Crippen LogP contribution in [-0.2, 0) is 6.54 Å². The first-order chi connectivity index (χ1) is 9.63. The second-order valence-electron chi connectivity index (χ2n) is 5.26. The number of rotatable bonds is 4. The SMILES string of the molecule is Cc1[nH]ncc1CNc1ccc2oc(C(C)C)nc2c1. The molecule has 0 bridgehead atoms. The molecule has 2 aromatic heterocycles. The Morgan fingerprint density at radius 2 is 2.20 bits per heavy atom. The van der Waals surface area contributed by atoms with Gasteiger partial charge in [-0.15, -0.1) is 0 Å². The Kier molecular flexibility index (Phi) is 3.18. The molecular formula is C15H18N4O. The van der Waals surface area contributed by atoms with Gasteiger partial charge >= 0.3 is 0 Å². The first-order valence-electron chi connectivity index (χ1n) is 6.76. The summed E-state index contributed by atoms with van der Waals surface area (Å²) in [5.74, 6) is 1.08. The Bertz CT molecular complexity index is 726. The zero-order valence-corrected chi connectivity index (χ0v) is 11.9. The van der Waals surface area contributed by atoms with Crippen LogP contribution in [0.3, 0.4) is 0 Å². The fourth-order valence-corrected chi connectivity index (χ4v) is 2.05. The number of hydrogen-bond donors (Lipinski definition) is 2. The first-order valence-corrected chi connectivity index (χ1v) is 6.76. The molecule has 0 fully saturated rings. The van der Waals surface area contributed by atoms with Crippen molar-refractivity contribution in [3.8, 4) is 0 Å². The highest BCUT2D eigenvalue weighted by Crippen LogP contribution is 2.24. The standard InChI is InChI=1S/C15H18N4O/c1-9(2)15-18-13-6-12(4-5-14(13)20-15)16-7-11-8-17-19-10(11)3/h4-6,8-9,16H,7H2,1-3H3,(H,17,19). The number of nitrogens with one attached hydrogen (secondary N) is 2. The average Bonchev–Trinajstić information content (AvgIpc) is 3.01. The van der Waals surface area contributed by atoms with Gasteiger partial charge in [-0.2, -0.15) is 5.10 Å². The third kappa shape index (κ3) is 2.39. The lowest BCUT2D eigenvalue weighted by Crippen LogP contribution is -1.99. The van der Waals surface area contributed by atoms with Gasteiger partial charge in [0.25, 0.3) is 0 Å². The molecule has 2 heterocycles. The minimum absolute atomic E-state index is 0.299. The Balaban J connectivity index is 1.80. The molecule has 20 heavy (non-hydrogen) atoms. The van der Waals surface area contributed by atoms with E-state index in [9.17, 15) is 0 Å². The van der Waals surface area contributed by atoms with Crippen molar-refractivity contribution in [2.75, 3.05) is 5.32 Å². The third-order valence-corrected chi connectivity index (χ3v) is 3.32. The summed E-state index contributed by atoms with van der Waals surface area (Å²) < 4.78 is 5.70. The van der Waals surface area contributed by atoms with E-state index in [0.717, 1.165) is 40.5 Å². The fraction of sp³-hybridized carbons (Fsp3) is 0.333. The monoisotopic (exact) mass is 270 g/mol. The van der Waals surface area contributed by atoms with Gasteiger partial charge in [0.15, 0.2) is 11.5 Å². The van der Waals surface area contributed by atoms with Crippen LogP contribution in [0, 0.1) is 6.92 Å².